The average Bonchev–Trinajstić information content (AvgIpc) is 2.10. The fourth-order valence-electron chi connectivity index (χ4n) is 0.600. The summed E-state index contributed by atoms with van der Waals surface area (Å²) in [5, 5.41) is 19.6. The molecular formula is C8H17NO4. The van der Waals surface area contributed by atoms with Crippen molar-refractivity contribution >= 4 is 6.09 Å². The molecule has 0 saturated heterocycles. The van der Waals surface area contributed by atoms with Crippen molar-refractivity contribution in [1.29, 1.82) is 0 Å². The second-order valence-corrected chi connectivity index (χ2v) is 3.20. The minimum Gasteiger partial charge on any atom is -0.449 e. The zero-order valence-electron chi connectivity index (χ0n) is 7.99. The maximum absolute atomic E-state index is 10.9. The van der Waals surface area contributed by atoms with Crippen molar-refractivity contribution in [2.45, 2.75) is 19.9 Å². The Morgan fingerprint density at radius 3 is 2.31 bits per heavy atom. The van der Waals surface area contributed by atoms with Gasteiger partial charge in [-0.05, 0) is 5.92 Å². The van der Waals surface area contributed by atoms with Crippen LogP contribution < -0.4 is 5.32 Å². The molecule has 0 unspecified atom stereocenters. The number of nitrogens with one attached hydrogen (secondary N) is 1. The van der Waals surface area contributed by atoms with E-state index >= 15 is 0 Å². The lowest BCUT2D eigenvalue weighted by Gasteiger charge is -2.14. The average molecular weight is 191 g/mol. The summed E-state index contributed by atoms with van der Waals surface area (Å²) in [7, 11) is 0. The van der Waals surface area contributed by atoms with Gasteiger partial charge in [0.25, 0.3) is 0 Å². The predicted molar refractivity (Wildman–Crippen MR) is 47.3 cm³/mol. The SMILES string of the molecule is CC(C)COC(=O)NC(CO)CO. The lowest BCUT2D eigenvalue weighted by atomic mass is 10.2. The Kier molecular flexibility index (Phi) is 6.26. The van der Waals surface area contributed by atoms with Crippen LogP contribution in [0.1, 0.15) is 13.8 Å². The van der Waals surface area contributed by atoms with Crippen LogP contribution in [0.5, 0.6) is 0 Å². The van der Waals surface area contributed by atoms with Crippen molar-refractivity contribution in [2.24, 2.45) is 5.92 Å². The number of alkyl carbamates (subject to hydrolysis) is 1. The van der Waals surface area contributed by atoms with E-state index in [0.717, 1.165) is 0 Å². The van der Waals surface area contributed by atoms with Gasteiger partial charge in [-0.2, -0.15) is 0 Å². The van der Waals surface area contributed by atoms with Gasteiger partial charge in [0, 0.05) is 0 Å². The van der Waals surface area contributed by atoms with Crippen molar-refractivity contribution in [2.75, 3.05) is 19.8 Å². The molecule has 3 N–H and O–H groups in total. The van der Waals surface area contributed by atoms with Gasteiger partial charge < -0.3 is 20.3 Å². The van der Waals surface area contributed by atoms with Gasteiger partial charge >= 0.3 is 6.09 Å². The number of amides is 1. The molecule has 0 bridgehead atoms. The van der Waals surface area contributed by atoms with Crippen molar-refractivity contribution < 1.29 is 19.7 Å². The summed E-state index contributed by atoms with van der Waals surface area (Å²) in [6.45, 7) is 3.57. The molecule has 0 radical (unpaired) electrons. The molecule has 1 amide bonds. The van der Waals surface area contributed by atoms with E-state index in [9.17, 15) is 4.79 Å². The minimum atomic E-state index is -0.639. The van der Waals surface area contributed by atoms with E-state index in [1.54, 1.807) is 0 Å². The zero-order valence-corrected chi connectivity index (χ0v) is 7.99. The van der Waals surface area contributed by atoms with E-state index in [1.165, 1.54) is 0 Å². The first-order chi connectivity index (χ1) is 6.10. The fraction of sp³-hybridized carbons (Fsp3) is 0.875. The summed E-state index contributed by atoms with van der Waals surface area (Å²) in [6.07, 6.45) is -0.609. The number of rotatable bonds is 5. The fourth-order valence-corrected chi connectivity index (χ4v) is 0.600. The second-order valence-electron chi connectivity index (χ2n) is 3.20. The topological polar surface area (TPSA) is 78.8 Å². The third kappa shape index (κ3) is 6.36. The molecule has 5 nitrogen and oxygen atoms in total. The van der Waals surface area contributed by atoms with Gasteiger partial charge in [-0.3, -0.25) is 0 Å². The first-order valence-corrected chi connectivity index (χ1v) is 4.25. The van der Waals surface area contributed by atoms with Gasteiger partial charge in [-0.25, -0.2) is 4.79 Å². The molecule has 0 aliphatic heterocycles. The molecular weight excluding hydrogens is 174 g/mol. The minimum absolute atomic E-state index is 0.271. The molecule has 0 aromatic heterocycles. The molecule has 0 atom stereocenters. The molecule has 13 heavy (non-hydrogen) atoms. The van der Waals surface area contributed by atoms with Crippen LogP contribution in [-0.2, 0) is 4.74 Å². The summed E-state index contributed by atoms with van der Waals surface area (Å²) >= 11 is 0. The third-order valence-corrected chi connectivity index (χ3v) is 1.31. The first-order valence-electron chi connectivity index (χ1n) is 4.25. The van der Waals surface area contributed by atoms with E-state index in [1.807, 2.05) is 13.8 Å². The van der Waals surface area contributed by atoms with E-state index < -0.39 is 12.1 Å². The molecule has 78 valence electrons. The van der Waals surface area contributed by atoms with Crippen LogP contribution in [-0.4, -0.2) is 42.2 Å². The molecule has 0 saturated carbocycles. The highest BCUT2D eigenvalue weighted by Crippen LogP contribution is 1.93. The van der Waals surface area contributed by atoms with E-state index in [2.05, 4.69) is 5.32 Å². The molecule has 0 heterocycles. The van der Waals surface area contributed by atoms with Gasteiger partial charge in [0.15, 0.2) is 0 Å². The lowest BCUT2D eigenvalue weighted by Crippen LogP contribution is -2.40. The summed E-state index contributed by atoms with van der Waals surface area (Å²) in [5.41, 5.74) is 0. The summed E-state index contributed by atoms with van der Waals surface area (Å²) in [5.74, 6) is 0.271. The van der Waals surface area contributed by atoms with E-state index in [4.69, 9.17) is 14.9 Å². The van der Waals surface area contributed by atoms with E-state index in [0.29, 0.717) is 6.61 Å². The molecule has 0 aromatic rings. The molecule has 0 rings (SSSR count). The molecule has 0 spiro atoms. The zero-order chi connectivity index (χ0) is 10.3. The Morgan fingerprint density at radius 1 is 1.38 bits per heavy atom. The van der Waals surface area contributed by atoms with Crippen LogP contribution in [0.2, 0.25) is 0 Å². The van der Waals surface area contributed by atoms with Crippen LogP contribution in [0, 0.1) is 5.92 Å². The molecule has 0 aliphatic carbocycles. The number of ether oxygens (including phenoxy) is 1. The number of carbonyl (C=O) groups excluding carboxylic acids is 1. The van der Waals surface area contributed by atoms with Crippen LogP contribution in [0.25, 0.3) is 0 Å². The van der Waals surface area contributed by atoms with Crippen molar-refractivity contribution in [3.63, 3.8) is 0 Å². The van der Waals surface area contributed by atoms with Crippen LogP contribution in [0.4, 0.5) is 4.79 Å². The monoisotopic (exact) mass is 191 g/mol. The molecule has 5 heteroatoms. The van der Waals surface area contributed by atoms with Crippen molar-refractivity contribution in [3.05, 3.63) is 0 Å². The van der Waals surface area contributed by atoms with Gasteiger partial charge in [0.05, 0.1) is 25.9 Å². The molecule has 0 aliphatic rings. The van der Waals surface area contributed by atoms with E-state index in [-0.39, 0.29) is 19.1 Å². The maximum atomic E-state index is 10.9. The Morgan fingerprint density at radius 2 is 1.92 bits per heavy atom. The quantitative estimate of drug-likeness (QED) is 0.558. The first kappa shape index (κ1) is 12.2. The van der Waals surface area contributed by atoms with Gasteiger partial charge in [-0.1, -0.05) is 13.8 Å². The Labute approximate surface area is 77.7 Å². The van der Waals surface area contributed by atoms with Crippen molar-refractivity contribution in [1.82, 2.24) is 5.32 Å². The molecule has 0 aromatic carbocycles. The van der Waals surface area contributed by atoms with Gasteiger partial charge in [0.1, 0.15) is 0 Å². The standard InChI is InChI=1S/C8H17NO4/c1-6(2)5-13-8(12)9-7(3-10)4-11/h6-7,10-11H,3-5H2,1-2H3,(H,9,12). The van der Waals surface area contributed by atoms with Crippen LogP contribution in [0.3, 0.4) is 0 Å². The molecule has 0 fully saturated rings. The number of carbonyl (C=O) groups is 1. The predicted octanol–water partition coefficient (Wildman–Crippen LogP) is -0.278. The van der Waals surface area contributed by atoms with Gasteiger partial charge in [0.2, 0.25) is 0 Å². The van der Waals surface area contributed by atoms with Crippen LogP contribution >= 0.6 is 0 Å². The van der Waals surface area contributed by atoms with Gasteiger partial charge in [-0.15, -0.1) is 0 Å². The summed E-state index contributed by atoms with van der Waals surface area (Å²) in [6, 6.07) is -0.639. The summed E-state index contributed by atoms with van der Waals surface area (Å²) in [4.78, 5) is 10.9. The normalized spacial score (nSPS) is 10.6. The maximum Gasteiger partial charge on any atom is 0.407 e. The Bertz CT molecular complexity index is 145. The van der Waals surface area contributed by atoms with Crippen molar-refractivity contribution in [3.8, 4) is 0 Å². The number of hydrogen-bond donors (Lipinski definition) is 3. The Balaban J connectivity index is 3.60. The third-order valence-electron chi connectivity index (χ3n) is 1.31. The smallest absolute Gasteiger partial charge is 0.407 e. The Hall–Kier alpha value is -0.810. The lowest BCUT2D eigenvalue weighted by molar-refractivity contribution is 0.112. The highest BCUT2D eigenvalue weighted by atomic mass is 16.5. The second kappa shape index (κ2) is 6.68. The number of hydrogen-bond acceptors (Lipinski definition) is 4. The highest BCUT2D eigenvalue weighted by molar-refractivity contribution is 5.67. The number of aliphatic hydroxyl groups is 2. The highest BCUT2D eigenvalue weighted by Gasteiger charge is 2.10. The van der Waals surface area contributed by atoms with Crippen LogP contribution in [0.15, 0.2) is 0 Å². The largest absolute Gasteiger partial charge is 0.449 e. The summed E-state index contributed by atoms with van der Waals surface area (Å²) < 4.78 is 4.77. The number of aliphatic hydroxyl groups excluding tert-OH is 2.